The number of nitrogens with zero attached hydrogens (tertiary/aromatic N) is 2. The summed E-state index contributed by atoms with van der Waals surface area (Å²) in [5.41, 5.74) is 14.6. The van der Waals surface area contributed by atoms with Crippen LogP contribution in [-0.2, 0) is 4.65 Å². The molecular weight excluding hydrogens is 415 g/mol. The van der Waals surface area contributed by atoms with Gasteiger partial charge in [-0.3, -0.25) is 0 Å². The molecule has 3 heterocycles. The third-order valence-corrected chi connectivity index (χ3v) is 8.42. The Labute approximate surface area is 203 Å². The predicted molar refractivity (Wildman–Crippen MR) is 144 cm³/mol. The lowest BCUT2D eigenvalue weighted by molar-refractivity contribution is -0.394. The molecule has 1 atom stereocenters. The Bertz CT molecular complexity index is 1510. The van der Waals surface area contributed by atoms with Gasteiger partial charge in [0.2, 0.25) is 0 Å². The molecule has 3 nitrogen and oxygen atoms in total. The molecule has 1 aromatic heterocycles. The zero-order chi connectivity index (χ0) is 24.3. The van der Waals surface area contributed by atoms with Gasteiger partial charge in [0.15, 0.2) is 0 Å². The first-order valence-corrected chi connectivity index (χ1v) is 12.5. The Morgan fingerprint density at radius 3 is 2.32 bits per heavy atom. The van der Waals surface area contributed by atoms with Crippen molar-refractivity contribution in [3.63, 3.8) is 0 Å². The number of fused-ring (bicyclic) bond motifs is 5. The van der Waals surface area contributed by atoms with Gasteiger partial charge < -0.3 is 4.65 Å². The van der Waals surface area contributed by atoms with Gasteiger partial charge >= 0.3 is 6.92 Å². The van der Waals surface area contributed by atoms with Gasteiger partial charge in [-0.1, -0.05) is 24.3 Å². The molecule has 1 unspecified atom stereocenters. The number of hydrogen-bond acceptors (Lipinski definition) is 1. The first kappa shape index (κ1) is 21.7. The van der Waals surface area contributed by atoms with Crippen LogP contribution in [0, 0.1) is 33.6 Å². The monoisotopic (exact) mass is 449 g/mol. The van der Waals surface area contributed by atoms with Crippen molar-refractivity contribution in [2.24, 2.45) is 5.92 Å². The number of benzene rings is 1. The second-order valence-electron chi connectivity index (χ2n) is 11.4. The van der Waals surface area contributed by atoms with Gasteiger partial charge in [0.25, 0.3) is 5.82 Å². The van der Waals surface area contributed by atoms with Crippen LogP contribution in [-0.4, -0.2) is 27.4 Å². The Balaban J connectivity index is 1.75. The lowest BCUT2D eigenvalue weighted by atomic mass is 9.48. The first-order chi connectivity index (χ1) is 16.0. The van der Waals surface area contributed by atoms with Gasteiger partial charge in [0.05, 0.1) is 5.70 Å². The van der Waals surface area contributed by atoms with Crippen LogP contribution in [0.5, 0.6) is 0 Å². The van der Waals surface area contributed by atoms with Crippen molar-refractivity contribution in [1.82, 2.24) is 4.57 Å². The van der Waals surface area contributed by atoms with E-state index in [0.29, 0.717) is 0 Å². The molecule has 0 saturated heterocycles. The van der Waals surface area contributed by atoms with E-state index in [1.807, 2.05) is 0 Å². The lowest BCUT2D eigenvalue weighted by Crippen LogP contribution is -2.48. The van der Waals surface area contributed by atoms with E-state index in [0.717, 1.165) is 0 Å². The Kier molecular flexibility index (Phi) is 4.37. The third kappa shape index (κ3) is 2.66. The molecule has 2 aromatic rings. The Morgan fingerprint density at radius 1 is 0.912 bits per heavy atom. The second-order valence-corrected chi connectivity index (χ2v) is 11.4. The SMILES string of the molecule is CC1=C(C)[N+]2=C3C(=CC=C4C=CC=C(C43)n3c2cc2c(C)c(C)c(C)c(C)c23)B1OC(C)(C)C. The molecular formula is C30H34BN2O+. The van der Waals surface area contributed by atoms with Crippen molar-refractivity contribution in [3.8, 4) is 0 Å². The van der Waals surface area contributed by atoms with Gasteiger partial charge in [0, 0.05) is 22.6 Å². The Morgan fingerprint density at radius 2 is 1.62 bits per heavy atom. The summed E-state index contributed by atoms with van der Waals surface area (Å²) in [6, 6.07) is 2.42. The average Bonchev–Trinajstić information content (AvgIpc) is 3.19. The molecule has 0 amide bonds. The molecule has 0 fully saturated rings. The average molecular weight is 449 g/mol. The summed E-state index contributed by atoms with van der Waals surface area (Å²) in [4.78, 5) is 0. The fourth-order valence-corrected chi connectivity index (χ4v) is 6.29. The summed E-state index contributed by atoms with van der Waals surface area (Å²) in [7, 11) is 0. The molecule has 0 saturated carbocycles. The highest BCUT2D eigenvalue weighted by Crippen LogP contribution is 2.49. The molecule has 4 aliphatic rings. The number of hydrogen-bond donors (Lipinski definition) is 0. The van der Waals surface area contributed by atoms with Crippen LogP contribution in [0.25, 0.3) is 16.6 Å². The maximum Gasteiger partial charge on any atom is 0.365 e. The van der Waals surface area contributed by atoms with Crippen LogP contribution in [0.3, 0.4) is 0 Å². The quantitative estimate of drug-likeness (QED) is 0.337. The van der Waals surface area contributed by atoms with Crippen LogP contribution in [0.2, 0.25) is 0 Å². The highest BCUT2D eigenvalue weighted by atomic mass is 16.5. The van der Waals surface area contributed by atoms with E-state index in [9.17, 15) is 0 Å². The molecule has 6 rings (SSSR count). The highest BCUT2D eigenvalue weighted by Gasteiger charge is 2.51. The van der Waals surface area contributed by atoms with Crippen molar-refractivity contribution in [1.29, 1.82) is 0 Å². The van der Waals surface area contributed by atoms with Crippen molar-refractivity contribution in [3.05, 3.63) is 80.9 Å². The summed E-state index contributed by atoms with van der Waals surface area (Å²) < 4.78 is 11.8. The van der Waals surface area contributed by atoms with Gasteiger partial charge in [0.1, 0.15) is 22.8 Å². The van der Waals surface area contributed by atoms with Gasteiger partial charge in [-0.05, 0) is 102 Å². The molecule has 0 radical (unpaired) electrons. The van der Waals surface area contributed by atoms with E-state index in [4.69, 9.17) is 4.65 Å². The molecule has 2 aliphatic carbocycles. The van der Waals surface area contributed by atoms with Crippen LogP contribution >= 0.6 is 0 Å². The van der Waals surface area contributed by atoms with E-state index >= 15 is 0 Å². The normalized spacial score (nSPS) is 21.0. The predicted octanol–water partition coefficient (Wildman–Crippen LogP) is 7.06. The number of aryl methyl sites for hydroxylation is 2. The minimum Gasteiger partial charge on any atom is -0.422 e. The van der Waals surface area contributed by atoms with Crippen LogP contribution in [0.15, 0.2) is 58.7 Å². The molecule has 0 N–H and O–H groups in total. The van der Waals surface area contributed by atoms with E-state index < -0.39 is 0 Å². The minimum absolute atomic E-state index is 0.0277. The van der Waals surface area contributed by atoms with E-state index in [-0.39, 0.29) is 18.4 Å². The third-order valence-electron chi connectivity index (χ3n) is 8.42. The summed E-state index contributed by atoms with van der Waals surface area (Å²) in [5.74, 6) is 1.46. The van der Waals surface area contributed by atoms with Crippen LogP contribution in [0.1, 0.15) is 56.9 Å². The molecule has 2 aliphatic heterocycles. The van der Waals surface area contributed by atoms with Gasteiger partial charge in [-0.2, -0.15) is 4.57 Å². The second kappa shape index (κ2) is 6.85. The minimum atomic E-state index is -0.224. The van der Waals surface area contributed by atoms with E-state index in [1.54, 1.807) is 0 Å². The maximum absolute atomic E-state index is 6.69. The molecule has 0 spiro atoms. The molecule has 1 aromatic carbocycles. The number of allylic oxidation sites excluding steroid dienone is 10. The number of aromatic nitrogens is 1. The van der Waals surface area contributed by atoms with Crippen LogP contribution < -0.4 is 0 Å². The van der Waals surface area contributed by atoms with Gasteiger partial charge in [-0.25, -0.2) is 4.58 Å². The zero-order valence-corrected chi connectivity index (χ0v) is 21.9. The van der Waals surface area contributed by atoms with Crippen molar-refractivity contribution < 1.29 is 9.23 Å². The number of rotatable bonds is 1. The molecule has 0 bridgehead atoms. The fraction of sp³-hybridized carbons (Fsp3) is 0.367. The fourth-order valence-electron chi connectivity index (χ4n) is 6.29. The molecule has 34 heavy (non-hydrogen) atoms. The van der Waals surface area contributed by atoms with Crippen molar-refractivity contribution in [2.75, 3.05) is 0 Å². The van der Waals surface area contributed by atoms with Gasteiger partial charge in [-0.15, -0.1) is 0 Å². The van der Waals surface area contributed by atoms with E-state index in [2.05, 4.69) is 108 Å². The summed E-state index contributed by atoms with van der Waals surface area (Å²) in [6.07, 6.45) is 11.4. The molecule has 172 valence electrons. The lowest BCUT2D eigenvalue weighted by Gasteiger charge is -2.39. The first-order valence-electron chi connectivity index (χ1n) is 12.5. The van der Waals surface area contributed by atoms with Crippen molar-refractivity contribution in [2.45, 2.75) is 67.9 Å². The van der Waals surface area contributed by atoms with Crippen LogP contribution in [0.4, 0.5) is 5.82 Å². The summed E-state index contributed by atoms with van der Waals surface area (Å²) >= 11 is 0. The largest absolute Gasteiger partial charge is 0.422 e. The Hall–Kier alpha value is -2.85. The van der Waals surface area contributed by atoms with E-state index in [1.165, 1.54) is 72.6 Å². The molecule has 4 heteroatoms. The topological polar surface area (TPSA) is 17.2 Å². The summed E-state index contributed by atoms with van der Waals surface area (Å²) in [6.45, 7) is 20.0. The standard InChI is InChI=1S/C30H34BN2O/c1-16-17(2)19(4)28-23(18(16)3)15-26-32-21(6)20(5)31(34-30(7,8)9)24-14-13-22-11-10-12-25(33(26)28)27(22)29(24)32/h10-15,27H,1-9H3/q+1. The van der Waals surface area contributed by atoms with Crippen molar-refractivity contribution >= 4 is 35.0 Å². The summed E-state index contributed by atoms with van der Waals surface area (Å²) in [5, 5.41) is 1.36. The highest BCUT2D eigenvalue weighted by molar-refractivity contribution is 6.74. The maximum atomic E-state index is 6.69. The smallest absolute Gasteiger partial charge is 0.365 e. The zero-order valence-electron chi connectivity index (χ0n) is 21.9.